The van der Waals surface area contributed by atoms with Gasteiger partial charge in [-0.05, 0) is 13.8 Å². The van der Waals surface area contributed by atoms with Gasteiger partial charge in [0, 0.05) is 24.5 Å². The number of ether oxygens (including phenoxy) is 2. The van der Waals surface area contributed by atoms with Gasteiger partial charge in [-0.15, -0.1) is 0 Å². The van der Waals surface area contributed by atoms with Crippen molar-refractivity contribution in [2.24, 2.45) is 0 Å². The third-order valence-corrected chi connectivity index (χ3v) is 1.83. The highest BCUT2D eigenvalue weighted by Crippen LogP contribution is 1.89. The average Bonchev–Trinajstić information content (AvgIpc) is 2.09. The zero-order chi connectivity index (χ0) is 10.1. The number of nitrogens with one attached hydrogen (secondary N) is 1. The average molecular weight is 210 g/mol. The quantitative estimate of drug-likeness (QED) is 0.564. The van der Waals surface area contributed by atoms with Gasteiger partial charge in [0.2, 0.25) is 0 Å². The second-order valence-electron chi connectivity index (χ2n) is 2.37. The molecule has 0 saturated carbocycles. The van der Waals surface area contributed by atoms with E-state index in [1.807, 2.05) is 13.8 Å². The number of rotatable bonds is 8. The molecule has 0 aromatic rings. The minimum absolute atomic E-state index is 0.293. The molecule has 1 atom stereocenters. The molecule has 6 heteroatoms. The zero-order valence-corrected chi connectivity index (χ0v) is 8.76. The van der Waals surface area contributed by atoms with Gasteiger partial charge in [-0.3, -0.25) is 4.21 Å². The summed E-state index contributed by atoms with van der Waals surface area (Å²) in [4.78, 5) is 0. The Morgan fingerprint density at radius 1 is 1.31 bits per heavy atom. The lowest BCUT2D eigenvalue weighted by atomic mass is 10.4. The Bertz CT molecular complexity index is 136. The first kappa shape index (κ1) is 13.0. The lowest BCUT2D eigenvalue weighted by Gasteiger charge is -2.19. The minimum Gasteiger partial charge on any atom is -0.760 e. The van der Waals surface area contributed by atoms with E-state index in [9.17, 15) is 8.76 Å². The molecule has 0 bridgehead atoms. The summed E-state index contributed by atoms with van der Waals surface area (Å²) in [5, 5.41) is 0. The smallest absolute Gasteiger partial charge is 0.0652 e. The maximum absolute atomic E-state index is 10.3. The molecule has 80 valence electrons. The molecule has 0 saturated heterocycles. The van der Waals surface area contributed by atoms with Crippen LogP contribution >= 0.6 is 0 Å². The third kappa shape index (κ3) is 8.32. The lowest BCUT2D eigenvalue weighted by molar-refractivity contribution is 0.0722. The van der Waals surface area contributed by atoms with Gasteiger partial charge in [0.1, 0.15) is 0 Å². The van der Waals surface area contributed by atoms with Crippen LogP contribution in [0.15, 0.2) is 0 Å². The zero-order valence-electron chi connectivity index (χ0n) is 7.95. The Hall–Kier alpha value is -0.0100. The summed E-state index contributed by atoms with van der Waals surface area (Å²) in [6, 6.07) is -0.293. The molecule has 0 amide bonds. The van der Waals surface area contributed by atoms with Gasteiger partial charge in [0.15, 0.2) is 0 Å². The SMILES string of the molecule is CCOCC(COCC)NS(=O)[O-]. The van der Waals surface area contributed by atoms with Crippen LogP contribution < -0.4 is 4.72 Å². The first-order chi connectivity index (χ1) is 6.20. The molecule has 0 aliphatic rings. The fraction of sp³-hybridized carbons (Fsp3) is 1.00. The largest absolute Gasteiger partial charge is 0.760 e. The van der Waals surface area contributed by atoms with Gasteiger partial charge in [0.25, 0.3) is 0 Å². The Morgan fingerprint density at radius 3 is 2.08 bits per heavy atom. The molecule has 5 nitrogen and oxygen atoms in total. The van der Waals surface area contributed by atoms with Crippen LogP contribution in [0.25, 0.3) is 0 Å². The molecular formula is C7H16NO4S-. The first-order valence-corrected chi connectivity index (χ1v) is 5.29. The molecule has 1 N–H and O–H groups in total. The highest BCUT2D eigenvalue weighted by molar-refractivity contribution is 7.77. The van der Waals surface area contributed by atoms with Crippen molar-refractivity contribution in [1.82, 2.24) is 4.72 Å². The normalized spacial score (nSPS) is 13.5. The van der Waals surface area contributed by atoms with E-state index in [4.69, 9.17) is 9.47 Å². The molecule has 0 aromatic carbocycles. The third-order valence-electron chi connectivity index (χ3n) is 1.31. The summed E-state index contributed by atoms with van der Waals surface area (Å²) in [6.45, 7) is 5.51. The van der Waals surface area contributed by atoms with E-state index in [1.165, 1.54) is 0 Å². The second-order valence-corrected chi connectivity index (χ2v) is 3.07. The Kier molecular flexibility index (Phi) is 8.58. The predicted octanol–water partition coefficient (Wildman–Crippen LogP) is -0.188. The Morgan fingerprint density at radius 2 is 1.77 bits per heavy atom. The highest BCUT2D eigenvalue weighted by Gasteiger charge is 2.07. The van der Waals surface area contributed by atoms with E-state index in [-0.39, 0.29) is 6.04 Å². The van der Waals surface area contributed by atoms with Crippen molar-refractivity contribution in [2.45, 2.75) is 19.9 Å². The molecule has 13 heavy (non-hydrogen) atoms. The van der Waals surface area contributed by atoms with Crippen LogP contribution in [0.4, 0.5) is 0 Å². The fourth-order valence-electron chi connectivity index (χ4n) is 0.772. The molecule has 0 spiro atoms. The van der Waals surface area contributed by atoms with Crippen LogP contribution in [0.1, 0.15) is 13.8 Å². The van der Waals surface area contributed by atoms with Crippen LogP contribution in [-0.4, -0.2) is 41.2 Å². The summed E-state index contributed by atoms with van der Waals surface area (Å²) < 4.78 is 33.1. The van der Waals surface area contributed by atoms with Crippen LogP contribution in [0, 0.1) is 0 Å². The van der Waals surface area contributed by atoms with Gasteiger partial charge < -0.3 is 14.0 Å². The highest BCUT2D eigenvalue weighted by atomic mass is 32.2. The van der Waals surface area contributed by atoms with E-state index in [0.29, 0.717) is 26.4 Å². The maximum atomic E-state index is 10.3. The van der Waals surface area contributed by atoms with E-state index in [0.717, 1.165) is 0 Å². The molecule has 0 aliphatic carbocycles. The summed E-state index contributed by atoms with van der Waals surface area (Å²) >= 11 is -2.26. The minimum atomic E-state index is -2.26. The Balaban J connectivity index is 3.66. The van der Waals surface area contributed by atoms with Crippen LogP contribution in [0.5, 0.6) is 0 Å². The molecule has 0 radical (unpaired) electrons. The fourth-order valence-corrected chi connectivity index (χ4v) is 1.18. The molecule has 0 aliphatic heterocycles. The van der Waals surface area contributed by atoms with Crippen molar-refractivity contribution < 1.29 is 18.2 Å². The molecule has 0 fully saturated rings. The Labute approximate surface area is 81.2 Å². The second kappa shape index (κ2) is 8.58. The van der Waals surface area contributed by atoms with Crippen LogP contribution in [-0.2, 0) is 20.7 Å². The van der Waals surface area contributed by atoms with E-state index < -0.39 is 11.3 Å². The van der Waals surface area contributed by atoms with Crippen molar-refractivity contribution >= 4 is 11.3 Å². The summed E-state index contributed by atoms with van der Waals surface area (Å²) in [5.74, 6) is 0. The predicted molar refractivity (Wildman–Crippen MR) is 48.8 cm³/mol. The topological polar surface area (TPSA) is 70.6 Å². The van der Waals surface area contributed by atoms with Crippen LogP contribution in [0.3, 0.4) is 0 Å². The van der Waals surface area contributed by atoms with E-state index >= 15 is 0 Å². The number of hydrogen-bond donors (Lipinski definition) is 1. The van der Waals surface area contributed by atoms with Gasteiger partial charge in [-0.2, -0.15) is 0 Å². The number of hydrogen-bond acceptors (Lipinski definition) is 4. The molecular weight excluding hydrogens is 194 g/mol. The first-order valence-electron chi connectivity index (χ1n) is 4.21. The van der Waals surface area contributed by atoms with Gasteiger partial charge in [-0.1, -0.05) is 0 Å². The standard InChI is InChI=1S/C7H17NO4S/c1-3-11-5-7(6-12-4-2)8-13(9)10/h7-8H,3-6H2,1-2H3,(H,9,10)/p-1. The van der Waals surface area contributed by atoms with Gasteiger partial charge >= 0.3 is 0 Å². The molecule has 0 heterocycles. The van der Waals surface area contributed by atoms with Crippen molar-refractivity contribution in [3.05, 3.63) is 0 Å². The summed E-state index contributed by atoms with van der Waals surface area (Å²) in [6.07, 6.45) is 0. The van der Waals surface area contributed by atoms with E-state index in [2.05, 4.69) is 4.72 Å². The van der Waals surface area contributed by atoms with Crippen molar-refractivity contribution in [3.8, 4) is 0 Å². The molecule has 0 rings (SSSR count). The monoisotopic (exact) mass is 210 g/mol. The van der Waals surface area contributed by atoms with Crippen molar-refractivity contribution in [3.63, 3.8) is 0 Å². The molecule has 1 unspecified atom stereocenters. The van der Waals surface area contributed by atoms with Crippen molar-refractivity contribution in [2.75, 3.05) is 26.4 Å². The van der Waals surface area contributed by atoms with Gasteiger partial charge in [0.05, 0.1) is 19.3 Å². The molecule has 0 aromatic heterocycles. The maximum Gasteiger partial charge on any atom is 0.0652 e. The lowest BCUT2D eigenvalue weighted by Crippen LogP contribution is -2.38. The van der Waals surface area contributed by atoms with E-state index in [1.54, 1.807) is 0 Å². The van der Waals surface area contributed by atoms with Crippen LogP contribution in [0.2, 0.25) is 0 Å². The summed E-state index contributed by atoms with van der Waals surface area (Å²) in [5.41, 5.74) is 0. The van der Waals surface area contributed by atoms with Crippen molar-refractivity contribution in [1.29, 1.82) is 0 Å². The van der Waals surface area contributed by atoms with Gasteiger partial charge in [-0.25, -0.2) is 4.72 Å². The summed E-state index contributed by atoms with van der Waals surface area (Å²) in [7, 11) is 0.